The summed E-state index contributed by atoms with van der Waals surface area (Å²) in [6, 6.07) is 0. The molecule has 0 unspecified atom stereocenters. The predicted molar refractivity (Wildman–Crippen MR) is 72.1 cm³/mol. The first-order chi connectivity index (χ1) is 8.09. The van der Waals surface area contributed by atoms with E-state index in [4.69, 9.17) is 22.6 Å². The van der Waals surface area contributed by atoms with Crippen molar-refractivity contribution < 1.29 is 0 Å². The van der Waals surface area contributed by atoms with Crippen molar-refractivity contribution >= 4 is 30.0 Å². The van der Waals surface area contributed by atoms with Gasteiger partial charge in [0, 0.05) is 5.56 Å². The van der Waals surface area contributed by atoms with Crippen LogP contribution in [0.3, 0.4) is 0 Å². The Bertz CT molecular complexity index is 511. The molecular weight excluding hydrogens is 256 g/mol. The van der Waals surface area contributed by atoms with E-state index in [0.717, 1.165) is 36.2 Å². The zero-order valence-corrected chi connectivity index (χ0v) is 10.4. The SMILES string of the molecule is Cl.N=C(N)n1ncc2c1CCC/C2=N/N=C(N)N. The molecule has 18 heavy (non-hydrogen) atoms. The zero-order chi connectivity index (χ0) is 12.4. The Morgan fingerprint density at radius 1 is 1.33 bits per heavy atom. The average Bonchev–Trinajstić information content (AvgIpc) is 2.70. The predicted octanol–water partition coefficient (Wildman–Crippen LogP) is -0.640. The number of hydrogen-bond donors (Lipinski definition) is 4. The van der Waals surface area contributed by atoms with Crippen molar-refractivity contribution in [3.05, 3.63) is 17.5 Å². The molecule has 0 saturated heterocycles. The zero-order valence-electron chi connectivity index (χ0n) is 9.63. The molecule has 7 N–H and O–H groups in total. The standard InChI is InChI=1S/C9H14N8.ClH/c10-8(11)16-15-6-2-1-3-7-5(6)4-14-17(7)9(12)13;/h4H,1-3H2,(H3,12,13)(H4,10,11,16);1H/b15-6-;. The van der Waals surface area contributed by atoms with E-state index in [1.54, 1.807) is 6.20 Å². The van der Waals surface area contributed by atoms with Crippen molar-refractivity contribution in [3.8, 4) is 0 Å². The van der Waals surface area contributed by atoms with E-state index < -0.39 is 0 Å². The molecule has 0 spiro atoms. The Labute approximate surface area is 110 Å². The third kappa shape index (κ3) is 2.59. The molecule has 0 atom stereocenters. The Hall–Kier alpha value is -2.09. The molecule has 0 aromatic carbocycles. The highest BCUT2D eigenvalue weighted by Gasteiger charge is 2.21. The van der Waals surface area contributed by atoms with E-state index in [-0.39, 0.29) is 24.3 Å². The number of aromatic nitrogens is 2. The maximum absolute atomic E-state index is 7.40. The van der Waals surface area contributed by atoms with Crippen molar-refractivity contribution in [1.29, 1.82) is 5.41 Å². The molecule has 0 radical (unpaired) electrons. The van der Waals surface area contributed by atoms with E-state index >= 15 is 0 Å². The molecule has 1 aromatic heterocycles. The third-order valence-electron chi connectivity index (χ3n) is 2.52. The largest absolute Gasteiger partial charge is 0.369 e. The first-order valence-corrected chi connectivity index (χ1v) is 5.16. The number of halogens is 1. The van der Waals surface area contributed by atoms with Gasteiger partial charge in [0.25, 0.3) is 0 Å². The lowest BCUT2D eigenvalue weighted by Crippen LogP contribution is -2.26. The first-order valence-electron chi connectivity index (χ1n) is 5.16. The summed E-state index contributed by atoms with van der Waals surface area (Å²) in [6.45, 7) is 0. The second kappa shape index (κ2) is 5.50. The molecular formula is C9H15ClN8. The number of rotatable bonds is 1. The summed E-state index contributed by atoms with van der Waals surface area (Å²) in [7, 11) is 0. The Morgan fingerprint density at radius 3 is 2.67 bits per heavy atom. The van der Waals surface area contributed by atoms with Crippen LogP contribution >= 0.6 is 12.4 Å². The highest BCUT2D eigenvalue weighted by molar-refractivity contribution is 6.03. The summed E-state index contributed by atoms with van der Waals surface area (Å²) in [5.74, 6) is -0.182. The first kappa shape index (κ1) is 14.0. The number of guanidine groups is 1. The summed E-state index contributed by atoms with van der Waals surface area (Å²) in [5.41, 5.74) is 18.4. The molecule has 1 heterocycles. The fraction of sp³-hybridized carbons (Fsp3) is 0.333. The quantitative estimate of drug-likeness (QED) is 0.305. The fourth-order valence-corrected chi connectivity index (χ4v) is 1.84. The van der Waals surface area contributed by atoms with E-state index in [9.17, 15) is 0 Å². The van der Waals surface area contributed by atoms with Crippen molar-refractivity contribution in [2.45, 2.75) is 19.3 Å². The Morgan fingerprint density at radius 2 is 2.06 bits per heavy atom. The van der Waals surface area contributed by atoms with E-state index in [0.29, 0.717) is 0 Å². The molecule has 0 amide bonds. The number of nitrogens with zero attached hydrogens (tertiary/aromatic N) is 4. The van der Waals surface area contributed by atoms with Crippen molar-refractivity contribution in [2.24, 2.45) is 27.4 Å². The number of nitrogens with one attached hydrogen (secondary N) is 1. The number of nitrogens with two attached hydrogens (primary N) is 3. The van der Waals surface area contributed by atoms with Gasteiger partial charge in [0.1, 0.15) is 0 Å². The summed E-state index contributed by atoms with van der Waals surface area (Å²) >= 11 is 0. The maximum Gasteiger partial charge on any atom is 0.213 e. The van der Waals surface area contributed by atoms with Gasteiger partial charge in [-0.05, 0) is 19.3 Å². The number of hydrogen-bond acceptors (Lipinski definition) is 4. The summed E-state index contributed by atoms with van der Waals surface area (Å²) in [6.07, 6.45) is 4.14. The second-order valence-electron chi connectivity index (χ2n) is 3.73. The lowest BCUT2D eigenvalue weighted by atomic mass is 9.96. The monoisotopic (exact) mass is 270 g/mol. The van der Waals surface area contributed by atoms with Crippen LogP contribution in [0, 0.1) is 5.41 Å². The fourth-order valence-electron chi connectivity index (χ4n) is 1.84. The molecule has 0 fully saturated rings. The molecule has 98 valence electrons. The molecule has 0 saturated carbocycles. The van der Waals surface area contributed by atoms with Crippen LogP contribution in [0.5, 0.6) is 0 Å². The topological polar surface area (TPSA) is 144 Å². The molecule has 0 aliphatic heterocycles. The number of nitrogen functional groups attached to an aromatic ring is 1. The van der Waals surface area contributed by atoms with Gasteiger partial charge in [0.15, 0.2) is 0 Å². The maximum atomic E-state index is 7.40. The van der Waals surface area contributed by atoms with E-state index in [2.05, 4.69) is 15.3 Å². The molecule has 0 bridgehead atoms. The smallest absolute Gasteiger partial charge is 0.213 e. The normalized spacial score (nSPS) is 15.7. The molecule has 2 rings (SSSR count). The molecule has 1 aliphatic carbocycles. The molecule has 8 nitrogen and oxygen atoms in total. The minimum absolute atomic E-state index is 0. The van der Waals surface area contributed by atoms with Crippen LogP contribution in [0.4, 0.5) is 0 Å². The average molecular weight is 271 g/mol. The van der Waals surface area contributed by atoms with Gasteiger partial charge in [0.2, 0.25) is 11.9 Å². The summed E-state index contributed by atoms with van der Waals surface area (Å²) < 4.78 is 1.40. The van der Waals surface area contributed by atoms with Crippen LogP contribution in [0.2, 0.25) is 0 Å². The van der Waals surface area contributed by atoms with Crippen LogP contribution in [-0.2, 0) is 6.42 Å². The van der Waals surface area contributed by atoms with E-state index in [1.165, 1.54) is 4.68 Å². The summed E-state index contributed by atoms with van der Waals surface area (Å²) in [4.78, 5) is 0. The lowest BCUT2D eigenvalue weighted by Gasteiger charge is -2.14. The minimum Gasteiger partial charge on any atom is -0.369 e. The lowest BCUT2D eigenvalue weighted by molar-refractivity contribution is 0.759. The van der Waals surface area contributed by atoms with Gasteiger partial charge in [0.05, 0.1) is 17.6 Å². The third-order valence-corrected chi connectivity index (χ3v) is 2.52. The van der Waals surface area contributed by atoms with Gasteiger partial charge in [-0.3, -0.25) is 5.41 Å². The van der Waals surface area contributed by atoms with Crippen molar-refractivity contribution in [3.63, 3.8) is 0 Å². The van der Waals surface area contributed by atoms with Crippen LogP contribution in [-0.4, -0.2) is 27.4 Å². The number of fused-ring (bicyclic) bond motifs is 1. The van der Waals surface area contributed by atoms with Crippen LogP contribution in [0.1, 0.15) is 24.1 Å². The molecule has 1 aliphatic rings. The Kier molecular flexibility index (Phi) is 4.27. The van der Waals surface area contributed by atoms with Gasteiger partial charge >= 0.3 is 0 Å². The summed E-state index contributed by atoms with van der Waals surface area (Å²) in [5, 5.41) is 19.1. The minimum atomic E-state index is -0.102. The van der Waals surface area contributed by atoms with Crippen LogP contribution in [0.15, 0.2) is 16.4 Å². The van der Waals surface area contributed by atoms with Gasteiger partial charge in [-0.25, -0.2) is 4.68 Å². The Balaban J connectivity index is 0.00000162. The van der Waals surface area contributed by atoms with Gasteiger partial charge in [-0.1, -0.05) is 0 Å². The second-order valence-corrected chi connectivity index (χ2v) is 3.73. The highest BCUT2D eigenvalue weighted by atomic mass is 35.5. The van der Waals surface area contributed by atoms with Crippen LogP contribution in [0.25, 0.3) is 0 Å². The van der Waals surface area contributed by atoms with E-state index in [1.807, 2.05) is 0 Å². The molecule has 9 heteroatoms. The van der Waals surface area contributed by atoms with Gasteiger partial charge in [-0.15, -0.1) is 17.5 Å². The van der Waals surface area contributed by atoms with Crippen LogP contribution < -0.4 is 17.2 Å². The van der Waals surface area contributed by atoms with Crippen molar-refractivity contribution in [1.82, 2.24) is 9.78 Å². The van der Waals surface area contributed by atoms with Gasteiger partial charge in [-0.2, -0.15) is 10.2 Å². The highest BCUT2D eigenvalue weighted by Crippen LogP contribution is 2.21. The van der Waals surface area contributed by atoms with Crippen molar-refractivity contribution in [2.75, 3.05) is 0 Å². The molecule has 1 aromatic rings. The van der Waals surface area contributed by atoms with Gasteiger partial charge < -0.3 is 17.2 Å².